The van der Waals surface area contributed by atoms with Crippen molar-refractivity contribution in [2.75, 3.05) is 6.54 Å². The van der Waals surface area contributed by atoms with Gasteiger partial charge in [0, 0.05) is 31.1 Å². The van der Waals surface area contributed by atoms with Gasteiger partial charge < -0.3 is 9.84 Å². The Kier molecular flexibility index (Phi) is 5.03. The van der Waals surface area contributed by atoms with Gasteiger partial charge in [-0.15, -0.1) is 0 Å². The van der Waals surface area contributed by atoms with Gasteiger partial charge in [0.25, 0.3) is 0 Å². The summed E-state index contributed by atoms with van der Waals surface area (Å²) in [4.78, 5) is 21.0. The van der Waals surface area contributed by atoms with Crippen molar-refractivity contribution in [2.45, 2.75) is 39.5 Å². The quantitative estimate of drug-likeness (QED) is 0.855. The number of rotatable bonds is 5. The molecule has 6 heteroatoms. The number of aryl methyl sites for hydroxylation is 2. The van der Waals surface area contributed by atoms with E-state index in [1.165, 1.54) is 0 Å². The SMILES string of the molecule is Cc1cc(-c2cnc(C)nc2CCNC(=O)[C@H]2CC=CCC2)on1. The van der Waals surface area contributed by atoms with Gasteiger partial charge in [0.2, 0.25) is 5.91 Å². The highest BCUT2D eigenvalue weighted by atomic mass is 16.5. The highest BCUT2D eigenvalue weighted by molar-refractivity contribution is 5.79. The molecule has 0 saturated carbocycles. The molecule has 3 rings (SSSR count). The molecule has 2 aromatic heterocycles. The highest BCUT2D eigenvalue weighted by Gasteiger charge is 2.18. The lowest BCUT2D eigenvalue weighted by molar-refractivity contribution is -0.125. The summed E-state index contributed by atoms with van der Waals surface area (Å²) in [5.41, 5.74) is 2.51. The predicted molar refractivity (Wildman–Crippen MR) is 90.2 cm³/mol. The Morgan fingerprint density at radius 2 is 2.25 bits per heavy atom. The van der Waals surface area contributed by atoms with E-state index in [1.807, 2.05) is 19.9 Å². The molecule has 0 spiro atoms. The van der Waals surface area contributed by atoms with Crippen LogP contribution in [0.25, 0.3) is 11.3 Å². The summed E-state index contributed by atoms with van der Waals surface area (Å²) in [5.74, 6) is 1.58. The van der Waals surface area contributed by atoms with E-state index in [-0.39, 0.29) is 11.8 Å². The van der Waals surface area contributed by atoms with Crippen LogP contribution in [0.1, 0.15) is 36.5 Å². The molecule has 1 atom stereocenters. The lowest BCUT2D eigenvalue weighted by atomic mass is 9.93. The molecule has 6 nitrogen and oxygen atoms in total. The zero-order valence-electron chi connectivity index (χ0n) is 14.1. The molecule has 0 saturated heterocycles. The average molecular weight is 326 g/mol. The van der Waals surface area contributed by atoms with Crippen LogP contribution in [0, 0.1) is 19.8 Å². The monoisotopic (exact) mass is 326 g/mol. The van der Waals surface area contributed by atoms with Crippen LogP contribution in [0.2, 0.25) is 0 Å². The van der Waals surface area contributed by atoms with Crippen LogP contribution in [0.3, 0.4) is 0 Å². The second kappa shape index (κ2) is 7.38. The second-order valence-corrected chi connectivity index (χ2v) is 6.13. The van der Waals surface area contributed by atoms with Gasteiger partial charge in [0.1, 0.15) is 5.82 Å². The topological polar surface area (TPSA) is 80.9 Å². The number of carbonyl (C=O) groups excluding carboxylic acids is 1. The van der Waals surface area contributed by atoms with Crippen molar-refractivity contribution < 1.29 is 9.32 Å². The Morgan fingerprint density at radius 1 is 1.38 bits per heavy atom. The molecule has 0 bridgehead atoms. The van der Waals surface area contributed by atoms with E-state index >= 15 is 0 Å². The van der Waals surface area contributed by atoms with E-state index in [0.29, 0.717) is 24.6 Å². The molecule has 24 heavy (non-hydrogen) atoms. The molecule has 1 aliphatic carbocycles. The molecule has 126 valence electrons. The number of hydrogen-bond donors (Lipinski definition) is 1. The normalized spacial score (nSPS) is 17.0. The van der Waals surface area contributed by atoms with Crippen LogP contribution in [0.4, 0.5) is 0 Å². The maximum atomic E-state index is 12.2. The third kappa shape index (κ3) is 3.88. The third-order valence-electron chi connectivity index (χ3n) is 4.18. The largest absolute Gasteiger partial charge is 0.356 e. The minimum absolute atomic E-state index is 0.0959. The average Bonchev–Trinajstić information content (AvgIpc) is 3.02. The van der Waals surface area contributed by atoms with Crippen LogP contribution < -0.4 is 5.32 Å². The maximum Gasteiger partial charge on any atom is 0.223 e. The summed E-state index contributed by atoms with van der Waals surface area (Å²) < 4.78 is 5.33. The summed E-state index contributed by atoms with van der Waals surface area (Å²) in [6.45, 7) is 4.28. The van der Waals surface area contributed by atoms with Gasteiger partial charge in [-0.2, -0.15) is 0 Å². The molecule has 1 aliphatic rings. The van der Waals surface area contributed by atoms with E-state index in [9.17, 15) is 4.79 Å². The summed E-state index contributed by atoms with van der Waals surface area (Å²) in [7, 11) is 0. The lowest BCUT2D eigenvalue weighted by Gasteiger charge is -2.17. The summed E-state index contributed by atoms with van der Waals surface area (Å²) in [6, 6.07) is 1.87. The number of hydrogen-bond acceptors (Lipinski definition) is 5. The first-order valence-electron chi connectivity index (χ1n) is 8.32. The van der Waals surface area contributed by atoms with E-state index < -0.39 is 0 Å². The van der Waals surface area contributed by atoms with Crippen LogP contribution in [0.5, 0.6) is 0 Å². The van der Waals surface area contributed by atoms with Crippen molar-refractivity contribution >= 4 is 5.91 Å². The Morgan fingerprint density at radius 3 is 2.96 bits per heavy atom. The first-order valence-corrected chi connectivity index (χ1v) is 8.32. The van der Waals surface area contributed by atoms with Gasteiger partial charge in [-0.1, -0.05) is 17.3 Å². The van der Waals surface area contributed by atoms with Crippen molar-refractivity contribution in [2.24, 2.45) is 5.92 Å². The van der Waals surface area contributed by atoms with Crippen LogP contribution in [-0.2, 0) is 11.2 Å². The lowest BCUT2D eigenvalue weighted by Crippen LogP contribution is -2.32. The fourth-order valence-corrected chi connectivity index (χ4v) is 2.88. The number of aromatic nitrogens is 3. The van der Waals surface area contributed by atoms with Gasteiger partial charge in [0.05, 0.1) is 17.0 Å². The summed E-state index contributed by atoms with van der Waals surface area (Å²) >= 11 is 0. The molecular weight excluding hydrogens is 304 g/mol. The predicted octanol–water partition coefficient (Wildman–Crippen LogP) is 2.76. The van der Waals surface area contributed by atoms with E-state index in [4.69, 9.17) is 4.52 Å². The molecule has 2 heterocycles. The van der Waals surface area contributed by atoms with Gasteiger partial charge in [0.15, 0.2) is 5.76 Å². The highest BCUT2D eigenvalue weighted by Crippen LogP contribution is 2.23. The molecular formula is C18H22N4O2. The first-order chi connectivity index (χ1) is 11.6. The molecule has 0 fully saturated rings. The smallest absolute Gasteiger partial charge is 0.223 e. The zero-order chi connectivity index (χ0) is 16.9. The number of nitrogens with zero attached hydrogens (tertiary/aromatic N) is 3. The van der Waals surface area contributed by atoms with E-state index in [0.717, 1.165) is 36.2 Å². The van der Waals surface area contributed by atoms with E-state index in [1.54, 1.807) is 6.20 Å². The number of nitrogens with one attached hydrogen (secondary N) is 1. The van der Waals surface area contributed by atoms with Crippen LogP contribution >= 0.6 is 0 Å². The van der Waals surface area contributed by atoms with Gasteiger partial charge in [-0.3, -0.25) is 4.79 Å². The van der Waals surface area contributed by atoms with E-state index in [2.05, 4.69) is 32.6 Å². The fourth-order valence-electron chi connectivity index (χ4n) is 2.88. The third-order valence-corrected chi connectivity index (χ3v) is 4.18. The molecule has 0 radical (unpaired) electrons. The second-order valence-electron chi connectivity index (χ2n) is 6.13. The Hall–Kier alpha value is -2.50. The van der Waals surface area contributed by atoms with Crippen molar-refractivity contribution in [1.29, 1.82) is 0 Å². The first kappa shape index (κ1) is 16.4. The minimum Gasteiger partial charge on any atom is -0.356 e. The number of carbonyl (C=O) groups is 1. The van der Waals surface area contributed by atoms with Gasteiger partial charge in [-0.05, 0) is 33.1 Å². The molecule has 0 aliphatic heterocycles. The van der Waals surface area contributed by atoms with Gasteiger partial charge >= 0.3 is 0 Å². The fraction of sp³-hybridized carbons (Fsp3) is 0.444. The zero-order valence-corrected chi connectivity index (χ0v) is 14.1. The molecule has 1 N–H and O–H groups in total. The Labute approximate surface area is 141 Å². The maximum absolute atomic E-state index is 12.2. The van der Waals surface area contributed by atoms with Gasteiger partial charge in [-0.25, -0.2) is 9.97 Å². The summed E-state index contributed by atoms with van der Waals surface area (Å²) in [5, 5.41) is 6.94. The standard InChI is InChI=1S/C18H22N4O2/c1-12-10-17(24-22-12)15-11-20-13(2)21-16(15)8-9-19-18(23)14-6-4-3-5-7-14/h3-4,10-11,14H,5-9H2,1-2H3,(H,19,23)/t14-/m0/s1. The molecule has 0 aromatic carbocycles. The Bertz CT molecular complexity index is 751. The molecule has 0 unspecified atom stereocenters. The summed E-state index contributed by atoms with van der Waals surface area (Å²) in [6.07, 6.45) is 9.36. The number of allylic oxidation sites excluding steroid dienone is 2. The van der Waals surface area contributed by atoms with Crippen LogP contribution in [-0.4, -0.2) is 27.6 Å². The molecule has 1 amide bonds. The number of amides is 1. The van der Waals surface area contributed by atoms with Crippen LogP contribution in [0.15, 0.2) is 28.9 Å². The Balaban J connectivity index is 1.65. The van der Waals surface area contributed by atoms with Crippen molar-refractivity contribution in [3.63, 3.8) is 0 Å². The molecule has 2 aromatic rings. The van der Waals surface area contributed by atoms with Crippen molar-refractivity contribution in [3.05, 3.63) is 41.6 Å². The van der Waals surface area contributed by atoms with Crippen molar-refractivity contribution in [3.8, 4) is 11.3 Å². The van der Waals surface area contributed by atoms with Crippen molar-refractivity contribution in [1.82, 2.24) is 20.4 Å². The minimum atomic E-state index is 0.0959.